The quantitative estimate of drug-likeness (QED) is 0.591. The molecule has 26 heavy (non-hydrogen) atoms. The monoisotopic (exact) mass is 366 g/mol. The Hall–Kier alpha value is -3.12. The van der Waals surface area contributed by atoms with Crippen molar-refractivity contribution in [3.05, 3.63) is 75.2 Å². The minimum atomic E-state index is -0.300. The van der Waals surface area contributed by atoms with Crippen LogP contribution in [0.2, 0.25) is 5.02 Å². The summed E-state index contributed by atoms with van der Waals surface area (Å²) in [5, 5.41) is 7.48. The molecule has 0 saturated heterocycles. The van der Waals surface area contributed by atoms with Crippen molar-refractivity contribution >= 4 is 39.7 Å². The van der Waals surface area contributed by atoms with Crippen LogP contribution in [0.25, 0.3) is 16.6 Å². The smallest absolute Gasteiger partial charge is 0.276 e. The molecule has 2 aromatic carbocycles. The van der Waals surface area contributed by atoms with Crippen molar-refractivity contribution in [2.75, 3.05) is 5.32 Å². The Morgan fingerprint density at radius 1 is 1.08 bits per heavy atom. The third-order valence-corrected chi connectivity index (χ3v) is 4.68. The lowest BCUT2D eigenvalue weighted by Crippen LogP contribution is -2.20. The van der Waals surface area contributed by atoms with E-state index >= 15 is 0 Å². The Bertz CT molecular complexity index is 1240. The largest absolute Gasteiger partial charge is 0.321 e. The fraction of sp³-hybridized carbons (Fsp3) is 0.105. The highest BCUT2D eigenvalue weighted by Crippen LogP contribution is 2.24. The number of benzene rings is 2. The highest BCUT2D eigenvalue weighted by molar-refractivity contribution is 6.34. The van der Waals surface area contributed by atoms with E-state index < -0.39 is 0 Å². The summed E-state index contributed by atoms with van der Waals surface area (Å²) in [4.78, 5) is 25.1. The number of anilines is 1. The minimum Gasteiger partial charge on any atom is -0.321 e. The molecule has 2 heterocycles. The summed E-state index contributed by atoms with van der Waals surface area (Å²) in [7, 11) is 1.68. The van der Waals surface area contributed by atoms with E-state index in [0.717, 1.165) is 11.1 Å². The standard InChI is InChI=1S/C19H15ClN4O2/c1-11-3-5-14(13(20)9-11)22-18(25)12-4-6-15-17(10-12)23(2)19(26)16-7-8-21-24(15)16/h3-10H,1-2H3,(H,22,25). The third-order valence-electron chi connectivity index (χ3n) is 4.37. The van der Waals surface area contributed by atoms with Crippen molar-refractivity contribution in [2.24, 2.45) is 7.05 Å². The fourth-order valence-electron chi connectivity index (χ4n) is 2.97. The van der Waals surface area contributed by atoms with Crippen molar-refractivity contribution in [1.82, 2.24) is 14.2 Å². The van der Waals surface area contributed by atoms with Crippen LogP contribution in [-0.4, -0.2) is 20.1 Å². The van der Waals surface area contributed by atoms with Crippen LogP contribution in [0.1, 0.15) is 15.9 Å². The Morgan fingerprint density at radius 3 is 2.65 bits per heavy atom. The van der Waals surface area contributed by atoms with Gasteiger partial charge in [-0.15, -0.1) is 0 Å². The predicted octanol–water partition coefficient (Wildman–Crippen LogP) is 3.40. The van der Waals surface area contributed by atoms with E-state index in [1.807, 2.05) is 13.0 Å². The van der Waals surface area contributed by atoms with Gasteiger partial charge in [0.1, 0.15) is 5.52 Å². The number of hydrogen-bond donors (Lipinski definition) is 1. The number of halogens is 1. The fourth-order valence-corrected chi connectivity index (χ4v) is 3.25. The lowest BCUT2D eigenvalue weighted by Gasteiger charge is -2.11. The number of hydrogen-bond acceptors (Lipinski definition) is 3. The lowest BCUT2D eigenvalue weighted by molar-refractivity contribution is 0.102. The van der Waals surface area contributed by atoms with Crippen LogP contribution < -0.4 is 10.9 Å². The van der Waals surface area contributed by atoms with Crippen molar-refractivity contribution in [2.45, 2.75) is 6.92 Å². The molecule has 0 fully saturated rings. The predicted molar refractivity (Wildman–Crippen MR) is 102 cm³/mol. The second-order valence-corrected chi connectivity index (χ2v) is 6.54. The average Bonchev–Trinajstić information content (AvgIpc) is 3.11. The number of fused-ring (bicyclic) bond motifs is 3. The molecule has 1 amide bonds. The van der Waals surface area contributed by atoms with E-state index in [0.29, 0.717) is 27.3 Å². The summed E-state index contributed by atoms with van der Waals surface area (Å²) in [6.45, 7) is 1.93. The van der Waals surface area contributed by atoms with Gasteiger partial charge in [-0.1, -0.05) is 17.7 Å². The van der Waals surface area contributed by atoms with Crippen LogP contribution in [0.15, 0.2) is 53.5 Å². The molecular weight excluding hydrogens is 352 g/mol. The first-order valence-corrected chi connectivity index (χ1v) is 8.37. The van der Waals surface area contributed by atoms with Crippen molar-refractivity contribution in [3.8, 4) is 0 Å². The molecule has 0 aliphatic rings. The Morgan fingerprint density at radius 2 is 1.88 bits per heavy atom. The lowest BCUT2D eigenvalue weighted by atomic mass is 10.1. The number of nitrogens with one attached hydrogen (secondary N) is 1. The Labute approximate surface area is 153 Å². The summed E-state index contributed by atoms with van der Waals surface area (Å²) in [6, 6.07) is 12.2. The van der Waals surface area contributed by atoms with E-state index in [4.69, 9.17) is 11.6 Å². The molecule has 4 aromatic rings. The molecule has 7 heteroatoms. The third kappa shape index (κ3) is 2.55. The molecule has 0 saturated carbocycles. The van der Waals surface area contributed by atoms with Gasteiger partial charge >= 0.3 is 0 Å². The first-order chi connectivity index (χ1) is 12.5. The van der Waals surface area contributed by atoms with Gasteiger partial charge in [-0.2, -0.15) is 5.10 Å². The van der Waals surface area contributed by atoms with Crippen LogP contribution in [-0.2, 0) is 7.05 Å². The molecule has 4 rings (SSSR count). The zero-order chi connectivity index (χ0) is 18.4. The maximum Gasteiger partial charge on any atom is 0.276 e. The van der Waals surface area contributed by atoms with E-state index in [9.17, 15) is 9.59 Å². The normalized spacial score (nSPS) is 11.2. The second-order valence-electron chi connectivity index (χ2n) is 6.13. The number of carbonyl (C=O) groups excluding carboxylic acids is 1. The number of nitrogens with zero attached hydrogens (tertiary/aromatic N) is 3. The molecule has 2 aromatic heterocycles. The van der Waals surface area contributed by atoms with Crippen LogP contribution >= 0.6 is 11.6 Å². The average molecular weight is 367 g/mol. The van der Waals surface area contributed by atoms with Gasteiger partial charge < -0.3 is 9.88 Å². The SMILES string of the molecule is Cc1ccc(NC(=O)c2ccc3c(c2)n(C)c(=O)c2ccnn23)c(Cl)c1. The topological polar surface area (TPSA) is 68.4 Å². The van der Waals surface area contributed by atoms with Gasteiger partial charge in [0.05, 0.1) is 27.9 Å². The van der Waals surface area contributed by atoms with Gasteiger partial charge in [0.25, 0.3) is 11.5 Å². The highest BCUT2D eigenvalue weighted by atomic mass is 35.5. The number of carbonyl (C=O) groups is 1. The molecule has 0 radical (unpaired) electrons. The minimum absolute atomic E-state index is 0.172. The molecule has 1 N–H and O–H groups in total. The van der Waals surface area contributed by atoms with E-state index in [1.54, 1.807) is 54.2 Å². The van der Waals surface area contributed by atoms with Crippen molar-refractivity contribution < 1.29 is 4.79 Å². The Balaban J connectivity index is 1.79. The molecule has 0 bridgehead atoms. The zero-order valence-electron chi connectivity index (χ0n) is 14.2. The maximum absolute atomic E-state index is 12.6. The van der Waals surface area contributed by atoms with Gasteiger partial charge in [-0.05, 0) is 48.9 Å². The first kappa shape index (κ1) is 16.4. The van der Waals surface area contributed by atoms with Crippen LogP contribution in [0.5, 0.6) is 0 Å². The highest BCUT2D eigenvalue weighted by Gasteiger charge is 2.13. The van der Waals surface area contributed by atoms with Gasteiger partial charge in [-0.25, -0.2) is 4.52 Å². The Kier molecular flexibility index (Phi) is 3.77. The number of aryl methyl sites for hydroxylation is 2. The molecular formula is C19H15ClN4O2. The van der Waals surface area contributed by atoms with Crippen LogP contribution in [0, 0.1) is 6.92 Å². The van der Waals surface area contributed by atoms with Crippen molar-refractivity contribution in [3.63, 3.8) is 0 Å². The molecule has 130 valence electrons. The maximum atomic E-state index is 12.6. The van der Waals surface area contributed by atoms with E-state index in [-0.39, 0.29) is 11.5 Å². The molecule has 0 atom stereocenters. The van der Waals surface area contributed by atoms with Crippen LogP contribution in [0.4, 0.5) is 5.69 Å². The van der Waals surface area contributed by atoms with Gasteiger partial charge in [0.15, 0.2) is 0 Å². The van der Waals surface area contributed by atoms with Crippen LogP contribution in [0.3, 0.4) is 0 Å². The molecule has 0 spiro atoms. The number of amides is 1. The van der Waals surface area contributed by atoms with Gasteiger partial charge in [0, 0.05) is 12.6 Å². The summed E-state index contributed by atoms with van der Waals surface area (Å²) in [5.74, 6) is -0.300. The van der Waals surface area contributed by atoms with E-state index in [1.165, 1.54) is 4.57 Å². The summed E-state index contributed by atoms with van der Waals surface area (Å²) < 4.78 is 3.10. The molecule has 0 unspecified atom stereocenters. The molecule has 0 aliphatic heterocycles. The van der Waals surface area contributed by atoms with Gasteiger partial charge in [0.2, 0.25) is 0 Å². The molecule has 0 aliphatic carbocycles. The zero-order valence-corrected chi connectivity index (χ0v) is 14.9. The number of rotatable bonds is 2. The summed E-state index contributed by atoms with van der Waals surface area (Å²) in [6.07, 6.45) is 1.58. The first-order valence-electron chi connectivity index (χ1n) is 8.00. The molecule has 6 nitrogen and oxygen atoms in total. The van der Waals surface area contributed by atoms with E-state index in [2.05, 4.69) is 10.4 Å². The van der Waals surface area contributed by atoms with Gasteiger partial charge in [-0.3, -0.25) is 9.59 Å². The number of aromatic nitrogens is 3. The van der Waals surface area contributed by atoms with Crippen molar-refractivity contribution in [1.29, 1.82) is 0 Å². The summed E-state index contributed by atoms with van der Waals surface area (Å²) in [5.41, 5.74) is 3.66. The summed E-state index contributed by atoms with van der Waals surface area (Å²) >= 11 is 6.18. The second kappa shape index (κ2) is 6.00.